The Hall–Kier alpha value is -1.10. The van der Waals surface area contributed by atoms with E-state index in [0.29, 0.717) is 5.41 Å². The first kappa shape index (κ1) is 12.9. The van der Waals surface area contributed by atoms with Gasteiger partial charge in [0.1, 0.15) is 5.82 Å². The highest BCUT2D eigenvalue weighted by molar-refractivity contribution is 8.13. The van der Waals surface area contributed by atoms with Crippen molar-refractivity contribution in [3.8, 4) is 0 Å². The van der Waals surface area contributed by atoms with Crippen LogP contribution in [0.3, 0.4) is 0 Å². The molecule has 2 heterocycles. The van der Waals surface area contributed by atoms with Crippen molar-refractivity contribution in [2.45, 2.75) is 39.2 Å². The SMILES string of the molecule is Cc1nccc(CNC2=NCC3(CCCC3)CS2)n1. The number of aromatic nitrogens is 2. The van der Waals surface area contributed by atoms with Crippen LogP contribution in [-0.4, -0.2) is 27.4 Å². The Balaban J connectivity index is 1.55. The van der Waals surface area contributed by atoms with Crippen molar-refractivity contribution < 1.29 is 0 Å². The molecule has 0 atom stereocenters. The Morgan fingerprint density at radius 2 is 2.21 bits per heavy atom. The molecule has 0 unspecified atom stereocenters. The summed E-state index contributed by atoms with van der Waals surface area (Å²) in [7, 11) is 0. The van der Waals surface area contributed by atoms with Crippen molar-refractivity contribution in [2.75, 3.05) is 12.3 Å². The topological polar surface area (TPSA) is 50.2 Å². The molecule has 0 bridgehead atoms. The molecule has 19 heavy (non-hydrogen) atoms. The minimum Gasteiger partial charge on any atom is -0.359 e. The molecule has 5 heteroatoms. The molecule has 1 aromatic heterocycles. The minimum atomic E-state index is 0.515. The fourth-order valence-corrected chi connectivity index (χ4v) is 4.01. The van der Waals surface area contributed by atoms with Gasteiger partial charge in [0, 0.05) is 18.5 Å². The lowest BCUT2D eigenvalue weighted by Crippen LogP contribution is -2.33. The lowest BCUT2D eigenvalue weighted by Gasteiger charge is -2.31. The third-order valence-corrected chi connectivity index (χ3v) is 5.30. The minimum absolute atomic E-state index is 0.515. The standard InChI is InChI=1S/C14H20N4S/c1-11-15-7-4-12(18-11)8-16-13-17-9-14(10-19-13)5-2-3-6-14/h4,7H,2-3,5-6,8-10H2,1H3,(H,16,17). The summed E-state index contributed by atoms with van der Waals surface area (Å²) in [6.07, 6.45) is 7.31. The molecule has 4 nitrogen and oxygen atoms in total. The Morgan fingerprint density at radius 3 is 2.89 bits per heavy atom. The van der Waals surface area contributed by atoms with Gasteiger partial charge in [-0.05, 0) is 31.2 Å². The van der Waals surface area contributed by atoms with Gasteiger partial charge < -0.3 is 5.32 Å². The summed E-state index contributed by atoms with van der Waals surface area (Å²) in [5.74, 6) is 2.05. The number of aliphatic imine (C=N–C) groups is 1. The lowest BCUT2D eigenvalue weighted by atomic mass is 9.89. The second kappa shape index (κ2) is 5.49. The summed E-state index contributed by atoms with van der Waals surface area (Å²) in [5, 5.41) is 4.47. The van der Waals surface area contributed by atoms with E-state index in [2.05, 4.69) is 15.3 Å². The summed E-state index contributed by atoms with van der Waals surface area (Å²) < 4.78 is 0. The fraction of sp³-hybridized carbons (Fsp3) is 0.643. The Bertz CT molecular complexity index is 480. The summed E-state index contributed by atoms with van der Waals surface area (Å²) in [6, 6.07) is 1.95. The van der Waals surface area contributed by atoms with Crippen molar-refractivity contribution in [1.82, 2.24) is 15.3 Å². The second-order valence-corrected chi connectivity index (χ2v) is 6.53. The van der Waals surface area contributed by atoms with Crippen molar-refractivity contribution in [3.63, 3.8) is 0 Å². The average Bonchev–Trinajstić information content (AvgIpc) is 2.87. The molecule has 0 aromatic carbocycles. The molecular formula is C14H20N4S. The second-order valence-electron chi connectivity index (χ2n) is 5.57. The van der Waals surface area contributed by atoms with Crippen molar-refractivity contribution in [2.24, 2.45) is 10.4 Å². The maximum atomic E-state index is 4.73. The largest absolute Gasteiger partial charge is 0.359 e. The van der Waals surface area contributed by atoms with E-state index in [4.69, 9.17) is 4.99 Å². The zero-order valence-electron chi connectivity index (χ0n) is 11.4. The molecule has 1 N–H and O–H groups in total. The van der Waals surface area contributed by atoms with Crippen LogP contribution in [0.15, 0.2) is 17.3 Å². The highest BCUT2D eigenvalue weighted by atomic mass is 32.2. The zero-order valence-corrected chi connectivity index (χ0v) is 12.2. The molecule has 3 rings (SSSR count). The number of thioether (sulfide) groups is 1. The van der Waals surface area contributed by atoms with Crippen LogP contribution < -0.4 is 5.32 Å². The number of rotatable bonds is 2. The molecule has 1 saturated carbocycles. The van der Waals surface area contributed by atoms with E-state index >= 15 is 0 Å². The van der Waals surface area contributed by atoms with Crippen molar-refractivity contribution in [3.05, 3.63) is 23.8 Å². The molecule has 2 aliphatic rings. The maximum Gasteiger partial charge on any atom is 0.156 e. The van der Waals surface area contributed by atoms with Gasteiger partial charge in [-0.15, -0.1) is 0 Å². The number of nitrogens with zero attached hydrogens (tertiary/aromatic N) is 3. The lowest BCUT2D eigenvalue weighted by molar-refractivity contribution is 0.358. The number of aryl methyl sites for hydroxylation is 1. The molecule has 1 fully saturated rings. The van der Waals surface area contributed by atoms with Gasteiger partial charge in [0.25, 0.3) is 0 Å². The Morgan fingerprint density at radius 1 is 1.37 bits per heavy atom. The van der Waals surface area contributed by atoms with Crippen LogP contribution in [0.25, 0.3) is 0 Å². The van der Waals surface area contributed by atoms with E-state index in [1.165, 1.54) is 31.4 Å². The molecule has 1 spiro atoms. The smallest absolute Gasteiger partial charge is 0.156 e. The third kappa shape index (κ3) is 3.08. The van der Waals surface area contributed by atoms with E-state index in [1.54, 1.807) is 0 Å². The van der Waals surface area contributed by atoms with Gasteiger partial charge in [0.05, 0.1) is 12.2 Å². The van der Waals surface area contributed by atoms with Crippen LogP contribution in [0.2, 0.25) is 0 Å². The van der Waals surface area contributed by atoms with Crippen LogP contribution in [0.1, 0.15) is 37.2 Å². The average molecular weight is 276 g/mol. The van der Waals surface area contributed by atoms with Crippen molar-refractivity contribution in [1.29, 1.82) is 0 Å². The van der Waals surface area contributed by atoms with E-state index < -0.39 is 0 Å². The molecule has 0 saturated heterocycles. The van der Waals surface area contributed by atoms with Gasteiger partial charge in [-0.25, -0.2) is 9.97 Å². The summed E-state index contributed by atoms with van der Waals surface area (Å²) >= 11 is 1.88. The monoisotopic (exact) mass is 276 g/mol. The van der Waals surface area contributed by atoms with Crippen LogP contribution in [0.4, 0.5) is 0 Å². The number of amidine groups is 1. The molecule has 102 valence electrons. The van der Waals surface area contributed by atoms with E-state index in [-0.39, 0.29) is 0 Å². The summed E-state index contributed by atoms with van der Waals surface area (Å²) in [4.78, 5) is 13.2. The maximum absolute atomic E-state index is 4.73. The normalized spacial score (nSPS) is 21.4. The molecule has 0 amide bonds. The number of hydrogen-bond acceptors (Lipinski definition) is 5. The Labute approximate surface area is 118 Å². The molecule has 1 aliphatic heterocycles. The van der Waals surface area contributed by atoms with Gasteiger partial charge >= 0.3 is 0 Å². The van der Waals surface area contributed by atoms with Crippen LogP contribution in [-0.2, 0) is 6.54 Å². The van der Waals surface area contributed by atoms with Crippen LogP contribution in [0, 0.1) is 12.3 Å². The van der Waals surface area contributed by atoms with Gasteiger partial charge in [-0.2, -0.15) is 0 Å². The first-order chi connectivity index (χ1) is 9.26. The molecule has 1 aliphatic carbocycles. The van der Waals surface area contributed by atoms with Gasteiger partial charge in [0.15, 0.2) is 5.17 Å². The summed E-state index contributed by atoms with van der Waals surface area (Å²) in [5.41, 5.74) is 1.54. The highest BCUT2D eigenvalue weighted by Gasteiger charge is 2.36. The predicted octanol–water partition coefficient (Wildman–Crippen LogP) is 2.54. The first-order valence-corrected chi connectivity index (χ1v) is 7.94. The van der Waals surface area contributed by atoms with Gasteiger partial charge in [0.2, 0.25) is 0 Å². The fourth-order valence-electron chi connectivity index (χ4n) is 2.86. The van der Waals surface area contributed by atoms with Crippen molar-refractivity contribution >= 4 is 16.9 Å². The highest BCUT2D eigenvalue weighted by Crippen LogP contribution is 2.43. The molecular weight excluding hydrogens is 256 g/mol. The first-order valence-electron chi connectivity index (χ1n) is 6.95. The zero-order chi connectivity index (χ0) is 13.1. The van der Waals surface area contributed by atoms with E-state index in [9.17, 15) is 0 Å². The Kier molecular flexibility index (Phi) is 3.73. The molecule has 0 radical (unpaired) electrons. The van der Waals surface area contributed by atoms with Crippen LogP contribution >= 0.6 is 11.8 Å². The third-order valence-electron chi connectivity index (χ3n) is 3.99. The predicted molar refractivity (Wildman–Crippen MR) is 79.3 cm³/mol. The van der Waals surface area contributed by atoms with E-state index in [0.717, 1.165) is 29.8 Å². The van der Waals surface area contributed by atoms with E-state index in [1.807, 2.05) is 30.9 Å². The summed E-state index contributed by atoms with van der Waals surface area (Å²) in [6.45, 7) is 3.66. The molecule has 1 aromatic rings. The van der Waals surface area contributed by atoms with Gasteiger partial charge in [-0.3, -0.25) is 4.99 Å². The number of hydrogen-bond donors (Lipinski definition) is 1. The van der Waals surface area contributed by atoms with Crippen LogP contribution in [0.5, 0.6) is 0 Å². The van der Waals surface area contributed by atoms with Gasteiger partial charge in [-0.1, -0.05) is 24.6 Å². The quantitative estimate of drug-likeness (QED) is 0.902. The number of nitrogens with one attached hydrogen (secondary N) is 1.